The minimum absolute atomic E-state index is 0.307. The number of aromatic nitrogens is 1. The van der Waals surface area contributed by atoms with Gasteiger partial charge in [0.15, 0.2) is 5.69 Å². The quantitative estimate of drug-likeness (QED) is 0.635. The van der Waals surface area contributed by atoms with Gasteiger partial charge in [-0.2, -0.15) is 0 Å². The first kappa shape index (κ1) is 14.3. The normalized spacial score (nSPS) is 11.7. The molecular formula is C16H15NO2S. The van der Waals surface area contributed by atoms with Gasteiger partial charge in [0, 0.05) is 6.42 Å². The second kappa shape index (κ2) is 6.36. The summed E-state index contributed by atoms with van der Waals surface area (Å²) in [6, 6.07) is 9.70. The molecule has 0 aliphatic heterocycles. The molecule has 0 unspecified atom stereocenters. The summed E-state index contributed by atoms with van der Waals surface area (Å²) >= 11 is 1.48. The molecule has 102 valence electrons. The van der Waals surface area contributed by atoms with Gasteiger partial charge in [-0.05, 0) is 19.4 Å². The highest BCUT2D eigenvalue weighted by molar-refractivity contribution is 7.15. The van der Waals surface area contributed by atoms with Gasteiger partial charge in [0.25, 0.3) is 0 Å². The van der Waals surface area contributed by atoms with Crippen LogP contribution >= 0.6 is 11.3 Å². The molecular weight excluding hydrogens is 270 g/mol. The van der Waals surface area contributed by atoms with Gasteiger partial charge in [-0.15, -0.1) is 23.7 Å². The molecule has 0 amide bonds. The molecule has 20 heavy (non-hydrogen) atoms. The predicted octanol–water partition coefficient (Wildman–Crippen LogP) is 3.69. The van der Waals surface area contributed by atoms with E-state index in [1.807, 2.05) is 37.3 Å². The monoisotopic (exact) mass is 285 g/mol. The number of carbonyl (C=O) groups excluding carboxylic acids is 1. The van der Waals surface area contributed by atoms with Gasteiger partial charge < -0.3 is 4.74 Å². The van der Waals surface area contributed by atoms with E-state index in [1.165, 1.54) is 11.3 Å². The van der Waals surface area contributed by atoms with E-state index in [2.05, 4.69) is 10.9 Å². The largest absolute Gasteiger partial charge is 0.457 e. The lowest BCUT2D eigenvalue weighted by molar-refractivity contribution is 0.0347. The zero-order valence-corrected chi connectivity index (χ0v) is 12.2. The van der Waals surface area contributed by atoms with E-state index in [4.69, 9.17) is 11.2 Å². The summed E-state index contributed by atoms with van der Waals surface area (Å²) in [7, 11) is 0. The van der Waals surface area contributed by atoms with E-state index >= 15 is 0 Å². The molecule has 2 aromatic rings. The van der Waals surface area contributed by atoms with Crippen molar-refractivity contribution in [1.29, 1.82) is 0 Å². The second-order valence-electron chi connectivity index (χ2n) is 4.40. The van der Waals surface area contributed by atoms with E-state index in [9.17, 15) is 4.79 Å². The summed E-state index contributed by atoms with van der Waals surface area (Å²) in [5.74, 6) is 2.06. The van der Waals surface area contributed by atoms with Crippen molar-refractivity contribution in [1.82, 2.24) is 4.98 Å². The van der Waals surface area contributed by atoms with Crippen LogP contribution in [0.25, 0.3) is 10.4 Å². The lowest BCUT2D eigenvalue weighted by Gasteiger charge is -2.09. The maximum Gasteiger partial charge on any atom is 0.358 e. The Labute approximate surface area is 122 Å². The number of carbonyl (C=O) groups is 1. The van der Waals surface area contributed by atoms with Crippen LogP contribution in [-0.2, 0) is 4.74 Å². The average molecular weight is 285 g/mol. The third kappa shape index (κ3) is 3.25. The molecule has 4 heteroatoms. The fraction of sp³-hybridized carbons (Fsp3) is 0.250. The number of terminal acetylenes is 1. The van der Waals surface area contributed by atoms with Gasteiger partial charge in [0.1, 0.15) is 6.10 Å². The minimum Gasteiger partial charge on any atom is -0.457 e. The van der Waals surface area contributed by atoms with Gasteiger partial charge in [0.2, 0.25) is 0 Å². The molecule has 0 bridgehead atoms. The van der Waals surface area contributed by atoms with Crippen LogP contribution in [0, 0.1) is 19.3 Å². The molecule has 0 spiro atoms. The first-order chi connectivity index (χ1) is 9.61. The number of thiazole rings is 1. The summed E-state index contributed by atoms with van der Waals surface area (Å²) in [4.78, 5) is 17.3. The molecule has 0 saturated carbocycles. The molecule has 0 N–H and O–H groups in total. The van der Waals surface area contributed by atoms with E-state index in [0.717, 1.165) is 15.4 Å². The first-order valence-electron chi connectivity index (χ1n) is 6.29. The number of nitrogens with zero attached hydrogens (tertiary/aromatic N) is 1. The molecule has 2 rings (SSSR count). The Morgan fingerprint density at radius 2 is 2.15 bits per heavy atom. The molecule has 1 aromatic carbocycles. The number of hydrogen-bond acceptors (Lipinski definition) is 4. The lowest BCUT2D eigenvalue weighted by atomic mass is 10.1. The van der Waals surface area contributed by atoms with Gasteiger partial charge in [-0.1, -0.05) is 30.3 Å². The molecule has 0 saturated heterocycles. The molecule has 0 aliphatic rings. The second-order valence-corrected chi connectivity index (χ2v) is 5.60. The van der Waals surface area contributed by atoms with Crippen molar-refractivity contribution >= 4 is 17.3 Å². The zero-order chi connectivity index (χ0) is 14.5. The summed E-state index contributed by atoms with van der Waals surface area (Å²) in [6.07, 6.45) is 5.31. The summed E-state index contributed by atoms with van der Waals surface area (Å²) in [5.41, 5.74) is 1.33. The van der Waals surface area contributed by atoms with Crippen LogP contribution in [0.5, 0.6) is 0 Å². The maximum atomic E-state index is 12.2. The molecule has 0 fully saturated rings. The highest BCUT2D eigenvalue weighted by atomic mass is 32.1. The van der Waals surface area contributed by atoms with Crippen molar-refractivity contribution < 1.29 is 9.53 Å². The van der Waals surface area contributed by atoms with Crippen molar-refractivity contribution in [2.75, 3.05) is 0 Å². The molecule has 0 aliphatic carbocycles. The number of hydrogen-bond donors (Lipinski definition) is 0. The highest BCUT2D eigenvalue weighted by Crippen LogP contribution is 2.30. The minimum atomic E-state index is -0.420. The smallest absolute Gasteiger partial charge is 0.358 e. The van der Waals surface area contributed by atoms with Crippen molar-refractivity contribution in [3.8, 4) is 22.8 Å². The topological polar surface area (TPSA) is 39.2 Å². The fourth-order valence-electron chi connectivity index (χ4n) is 1.80. The Kier molecular flexibility index (Phi) is 4.54. The van der Waals surface area contributed by atoms with Gasteiger partial charge in [0.05, 0.1) is 9.88 Å². The molecule has 3 nitrogen and oxygen atoms in total. The molecule has 1 atom stereocenters. The summed E-state index contributed by atoms with van der Waals surface area (Å²) in [6.45, 7) is 3.65. The number of aryl methyl sites for hydroxylation is 1. The van der Waals surface area contributed by atoms with Crippen molar-refractivity contribution in [2.45, 2.75) is 26.4 Å². The Morgan fingerprint density at radius 3 is 2.80 bits per heavy atom. The van der Waals surface area contributed by atoms with Gasteiger partial charge >= 0.3 is 5.97 Å². The van der Waals surface area contributed by atoms with Crippen LogP contribution in [0.4, 0.5) is 0 Å². The van der Waals surface area contributed by atoms with Crippen molar-refractivity contribution in [3.05, 3.63) is 41.0 Å². The molecule has 1 aromatic heterocycles. The Hall–Kier alpha value is -2.12. The Balaban J connectivity index is 2.29. The van der Waals surface area contributed by atoms with Crippen molar-refractivity contribution in [3.63, 3.8) is 0 Å². The van der Waals surface area contributed by atoms with Crippen LogP contribution in [0.15, 0.2) is 30.3 Å². The zero-order valence-electron chi connectivity index (χ0n) is 11.4. The van der Waals surface area contributed by atoms with Crippen LogP contribution in [0.2, 0.25) is 0 Å². The lowest BCUT2D eigenvalue weighted by Crippen LogP contribution is -2.15. The van der Waals surface area contributed by atoms with Gasteiger partial charge in [-0.3, -0.25) is 0 Å². The highest BCUT2D eigenvalue weighted by Gasteiger charge is 2.21. The van der Waals surface area contributed by atoms with Crippen LogP contribution in [0.1, 0.15) is 28.8 Å². The number of rotatable bonds is 4. The van der Waals surface area contributed by atoms with Crippen molar-refractivity contribution in [2.24, 2.45) is 0 Å². The van der Waals surface area contributed by atoms with E-state index in [-0.39, 0.29) is 6.10 Å². The third-order valence-electron chi connectivity index (χ3n) is 2.68. The number of ether oxygens (including phenoxy) is 1. The Bertz CT molecular complexity index is 640. The van der Waals surface area contributed by atoms with E-state index in [0.29, 0.717) is 12.1 Å². The summed E-state index contributed by atoms with van der Waals surface area (Å²) < 4.78 is 5.32. The number of benzene rings is 1. The maximum absolute atomic E-state index is 12.2. The standard InChI is InChI=1S/C16H15NO2S/c1-4-8-11(2)19-16(18)14-15(20-12(3)17-14)13-9-6-5-7-10-13/h1,5-7,9-11H,8H2,2-3H3/t11-/m1/s1. The van der Waals surface area contributed by atoms with Crippen LogP contribution < -0.4 is 0 Å². The Morgan fingerprint density at radius 1 is 1.45 bits per heavy atom. The molecule has 0 radical (unpaired) electrons. The summed E-state index contributed by atoms with van der Waals surface area (Å²) in [5, 5.41) is 0.834. The first-order valence-corrected chi connectivity index (χ1v) is 7.10. The molecule has 1 heterocycles. The van der Waals surface area contributed by atoms with E-state index < -0.39 is 5.97 Å². The number of esters is 1. The predicted molar refractivity (Wildman–Crippen MR) is 80.6 cm³/mol. The van der Waals surface area contributed by atoms with E-state index in [1.54, 1.807) is 6.92 Å². The fourth-order valence-corrected chi connectivity index (χ4v) is 2.71. The SMILES string of the molecule is C#CC[C@@H](C)OC(=O)c1nc(C)sc1-c1ccccc1. The van der Waals surface area contributed by atoms with Crippen LogP contribution in [-0.4, -0.2) is 17.1 Å². The van der Waals surface area contributed by atoms with Gasteiger partial charge in [-0.25, -0.2) is 9.78 Å². The van der Waals surface area contributed by atoms with Crippen LogP contribution in [0.3, 0.4) is 0 Å². The average Bonchev–Trinajstić information content (AvgIpc) is 2.82. The third-order valence-corrected chi connectivity index (χ3v) is 3.70.